The predicted octanol–water partition coefficient (Wildman–Crippen LogP) is 4.12. The van der Waals surface area contributed by atoms with Gasteiger partial charge < -0.3 is 64.8 Å². The molecule has 20 heteroatoms. The summed E-state index contributed by atoms with van der Waals surface area (Å²) in [6.45, 7) is 30.2. The molecule has 0 aliphatic carbocycles. The summed E-state index contributed by atoms with van der Waals surface area (Å²) in [5.74, 6) is 1.44. The van der Waals surface area contributed by atoms with Gasteiger partial charge in [0, 0.05) is 104 Å². The van der Waals surface area contributed by atoms with Crippen molar-refractivity contribution in [2.24, 2.45) is 5.41 Å². The van der Waals surface area contributed by atoms with Crippen LogP contribution in [0.5, 0.6) is 0 Å². The number of unbranched alkanes of at least 4 members (excludes halogenated alkanes) is 1. The van der Waals surface area contributed by atoms with E-state index in [4.69, 9.17) is 29.2 Å². The molecule has 0 saturated carbocycles. The van der Waals surface area contributed by atoms with E-state index in [1.807, 2.05) is 0 Å². The number of hydrogen-bond acceptors (Lipinski definition) is 19. The van der Waals surface area contributed by atoms with Crippen LogP contribution in [0.25, 0.3) is 0 Å². The number of hydrogen-bond donors (Lipinski definition) is 6. The molecule has 2 heterocycles. The molecule has 2 rings (SSSR count). The second-order valence-electron chi connectivity index (χ2n) is 17.5. The molecule has 0 aromatic rings. The fraction of sp³-hybridized carbons (Fsp3) is 0.909. The zero-order valence-electron chi connectivity index (χ0n) is 40.8. The predicted molar refractivity (Wildman–Crippen MR) is 273 cm³/mol. The molecule has 64 heavy (non-hydrogen) atoms. The Bertz CT molecular complexity index is 1090. The number of carbonyl (C=O) groups excluding carboxylic acids is 3. The van der Waals surface area contributed by atoms with Gasteiger partial charge >= 0.3 is 11.9 Å². The Morgan fingerprint density at radius 3 is 1.91 bits per heavy atom. The van der Waals surface area contributed by atoms with Crippen LogP contribution in [0.1, 0.15) is 86.0 Å². The van der Waals surface area contributed by atoms with Gasteiger partial charge in [-0.25, -0.2) is 0 Å². The number of nitrogens with zero attached hydrogens (tertiary/aromatic N) is 4. The summed E-state index contributed by atoms with van der Waals surface area (Å²) in [7, 11) is 8.76. The number of aldehydes is 1. The normalized spacial score (nSPS) is 14.9. The van der Waals surface area contributed by atoms with Crippen LogP contribution in [0.3, 0.4) is 0 Å². The molecular formula is C44H91N7O9S4. The molecule has 380 valence electrons. The summed E-state index contributed by atoms with van der Waals surface area (Å²) in [5.41, 5.74) is 0.344. The Morgan fingerprint density at radius 1 is 0.797 bits per heavy atom. The number of ether oxygens (including phenoxy) is 3. The molecule has 0 radical (unpaired) electrons. The van der Waals surface area contributed by atoms with Gasteiger partial charge in [0.25, 0.3) is 6.47 Å². The number of rotatable bonds is 33. The van der Waals surface area contributed by atoms with Crippen LogP contribution < -0.4 is 16.0 Å². The van der Waals surface area contributed by atoms with Crippen molar-refractivity contribution in [3.05, 3.63) is 0 Å². The standard InChI is InChI=1S/C17H35N3O3S2.C13H27N3O2S2.C13H27NO2.CH2O2/c1-17(2,25-24-14-13-22-3)15-23-16(21)5-7-18-6-4-10-20-11-8-19-9-12-20;1-15-7-9-16(10-8-15)6-2-4-14-5-3-13(17)18-11-12-20-19;1-13(2,3)7-10-14(9-6-12-16)8-4-5-11-15;2-1-3/h18-19H,4-15H2,1-3H3;14,19H,2-12H2,1H3;12,15H,4-11H2,1-3H3;1H,(H,2,3). The number of methoxy groups -OCH3 is 1. The molecule has 5 N–H and O–H groups in total. The van der Waals surface area contributed by atoms with Gasteiger partial charge in [0.2, 0.25) is 0 Å². The highest BCUT2D eigenvalue weighted by Crippen LogP contribution is 2.35. The number of carboxylic acid groups (broad SMARTS) is 1. The average Bonchev–Trinajstić information content (AvgIpc) is 3.26. The zero-order valence-corrected chi connectivity index (χ0v) is 44.1. The maximum atomic E-state index is 11.8. The summed E-state index contributed by atoms with van der Waals surface area (Å²) in [4.78, 5) is 51.6. The monoisotopic (exact) mass is 990 g/mol. The number of aliphatic hydroxyl groups excluding tert-OH is 1. The Labute approximate surface area is 405 Å². The van der Waals surface area contributed by atoms with Crippen molar-refractivity contribution in [2.75, 3.05) is 163 Å². The lowest BCUT2D eigenvalue weighted by molar-refractivity contribution is -0.144. The fourth-order valence-corrected chi connectivity index (χ4v) is 8.62. The Kier molecular flexibility index (Phi) is 46.7. The molecule has 2 aliphatic rings. The number of piperazine rings is 2. The maximum absolute atomic E-state index is 11.8. The van der Waals surface area contributed by atoms with Gasteiger partial charge in [-0.1, -0.05) is 53.2 Å². The molecule has 0 unspecified atom stereocenters. The molecule has 2 fully saturated rings. The Hall–Kier alpha value is -0.880. The molecule has 0 atom stereocenters. The molecular weight excluding hydrogens is 899 g/mol. The highest BCUT2D eigenvalue weighted by molar-refractivity contribution is 8.77. The lowest BCUT2D eigenvalue weighted by Gasteiger charge is -2.32. The Morgan fingerprint density at radius 2 is 1.38 bits per heavy atom. The average molecular weight is 991 g/mol. The fourth-order valence-electron chi connectivity index (χ4n) is 5.94. The zero-order chi connectivity index (χ0) is 48.2. The largest absolute Gasteiger partial charge is 0.483 e. The molecule has 2 aliphatic heterocycles. The topological polar surface area (TPSA) is 185 Å². The van der Waals surface area contributed by atoms with E-state index in [0.29, 0.717) is 51.0 Å². The van der Waals surface area contributed by atoms with Crippen molar-refractivity contribution >= 4 is 68.7 Å². The van der Waals surface area contributed by atoms with Crippen LogP contribution in [-0.4, -0.2) is 223 Å². The minimum atomic E-state index is -0.250. The van der Waals surface area contributed by atoms with Gasteiger partial charge in [0.05, 0.1) is 24.2 Å². The molecule has 16 nitrogen and oxygen atoms in total. The molecule has 0 bridgehead atoms. The second-order valence-corrected chi connectivity index (χ2v) is 22.0. The SMILES string of the molecule is CC(C)(C)CCN(CCC=O)CCCCO.CN1CCN(CCCNCCC(=O)OCCSS)CC1.COCCSSC(C)(C)COC(=O)CCNCCCN1CCNCC1.O=CO. The lowest BCUT2D eigenvalue weighted by Crippen LogP contribution is -2.45. The first-order chi connectivity index (χ1) is 30.7. The molecule has 2 saturated heterocycles. The first-order valence-electron chi connectivity index (χ1n) is 23.1. The third-order valence-corrected chi connectivity index (χ3v) is 13.9. The van der Waals surface area contributed by atoms with E-state index in [9.17, 15) is 14.4 Å². The van der Waals surface area contributed by atoms with Crippen LogP contribution in [-0.2, 0) is 33.4 Å². The van der Waals surface area contributed by atoms with Crippen molar-refractivity contribution in [2.45, 2.75) is 90.7 Å². The van der Waals surface area contributed by atoms with E-state index in [1.54, 1.807) is 28.7 Å². The second kappa shape index (κ2) is 45.9. The third-order valence-electron chi connectivity index (χ3n) is 9.77. The van der Waals surface area contributed by atoms with Gasteiger partial charge in [0.15, 0.2) is 0 Å². The van der Waals surface area contributed by atoms with Crippen LogP contribution in [0.15, 0.2) is 0 Å². The van der Waals surface area contributed by atoms with Crippen molar-refractivity contribution in [1.29, 1.82) is 0 Å². The van der Waals surface area contributed by atoms with E-state index in [-0.39, 0.29) is 29.8 Å². The smallest absolute Gasteiger partial charge is 0.307 e. The number of esters is 2. The van der Waals surface area contributed by atoms with Crippen LogP contribution >= 0.6 is 44.0 Å². The van der Waals surface area contributed by atoms with E-state index in [2.05, 4.69) is 88.9 Å². The van der Waals surface area contributed by atoms with Crippen molar-refractivity contribution < 1.29 is 43.6 Å². The van der Waals surface area contributed by atoms with E-state index < -0.39 is 0 Å². The summed E-state index contributed by atoms with van der Waals surface area (Å²) in [5, 5.41) is 25.6. The highest BCUT2D eigenvalue weighted by Gasteiger charge is 2.21. The van der Waals surface area contributed by atoms with E-state index >= 15 is 0 Å². The van der Waals surface area contributed by atoms with Gasteiger partial charge in [-0.05, 0) is 97.7 Å². The first-order valence-corrected chi connectivity index (χ1v) is 27.5. The molecule has 0 spiro atoms. The summed E-state index contributed by atoms with van der Waals surface area (Å²) < 4.78 is 15.4. The first kappa shape index (κ1) is 65.2. The van der Waals surface area contributed by atoms with Crippen LogP contribution in [0, 0.1) is 5.41 Å². The lowest BCUT2D eigenvalue weighted by atomic mass is 9.92. The van der Waals surface area contributed by atoms with Crippen molar-refractivity contribution in [1.82, 2.24) is 35.6 Å². The van der Waals surface area contributed by atoms with E-state index in [1.165, 1.54) is 37.0 Å². The maximum Gasteiger partial charge on any atom is 0.307 e. The summed E-state index contributed by atoms with van der Waals surface area (Å²) >= 11 is 3.99. The summed E-state index contributed by atoms with van der Waals surface area (Å²) in [6, 6.07) is 0. The molecule has 0 aromatic carbocycles. The van der Waals surface area contributed by atoms with Crippen LogP contribution in [0.4, 0.5) is 0 Å². The van der Waals surface area contributed by atoms with Gasteiger partial charge in [-0.3, -0.25) is 14.4 Å². The summed E-state index contributed by atoms with van der Waals surface area (Å²) in [6.07, 6.45) is 7.75. The quantitative estimate of drug-likeness (QED) is 0.0181. The van der Waals surface area contributed by atoms with Crippen molar-refractivity contribution in [3.63, 3.8) is 0 Å². The van der Waals surface area contributed by atoms with Gasteiger partial charge in [-0.15, -0.1) is 11.7 Å². The number of aliphatic hydroxyl groups is 1. The number of nitrogens with one attached hydrogen (secondary N) is 3. The molecule has 0 aromatic heterocycles. The minimum Gasteiger partial charge on any atom is -0.483 e. The third kappa shape index (κ3) is 47.6. The molecule has 0 amide bonds. The number of likely N-dealkylation sites (N-methyl/N-ethyl adjacent to an activating group) is 1. The van der Waals surface area contributed by atoms with Gasteiger partial charge in [0.1, 0.15) is 19.5 Å². The van der Waals surface area contributed by atoms with E-state index in [0.717, 1.165) is 128 Å². The van der Waals surface area contributed by atoms with Gasteiger partial charge in [-0.2, -0.15) is 0 Å². The number of thiol groups is 1. The van der Waals surface area contributed by atoms with Crippen molar-refractivity contribution in [3.8, 4) is 0 Å². The Balaban J connectivity index is 0. The van der Waals surface area contributed by atoms with Crippen LogP contribution in [0.2, 0.25) is 0 Å². The highest BCUT2D eigenvalue weighted by atomic mass is 33.1. The minimum absolute atomic E-state index is 0.0786. The number of carbonyl (C=O) groups is 4.